The monoisotopic (exact) mass is 246 g/mol. The fraction of sp³-hybridized carbons (Fsp3) is 0.429. The predicted octanol–water partition coefficient (Wildman–Crippen LogP) is 2.03. The zero-order valence-corrected chi connectivity index (χ0v) is 10.6. The molecule has 0 N–H and O–H groups in total. The first kappa shape index (κ1) is 12.6. The average Bonchev–Trinajstić information content (AvgIpc) is 2.41. The lowest BCUT2D eigenvalue weighted by Gasteiger charge is -2.31. The minimum Gasteiger partial charge on any atom is -0.489 e. The van der Waals surface area contributed by atoms with Gasteiger partial charge in [-0.15, -0.1) is 0 Å². The van der Waals surface area contributed by atoms with Crippen LogP contribution in [0, 0.1) is 0 Å². The van der Waals surface area contributed by atoms with Crippen molar-refractivity contribution in [3.05, 3.63) is 36.7 Å². The van der Waals surface area contributed by atoms with Gasteiger partial charge in [-0.05, 0) is 25.1 Å². The van der Waals surface area contributed by atoms with Gasteiger partial charge in [0.25, 0.3) is 0 Å². The van der Waals surface area contributed by atoms with Crippen molar-refractivity contribution in [3.63, 3.8) is 0 Å². The van der Waals surface area contributed by atoms with Crippen LogP contribution < -0.4 is 4.74 Å². The molecule has 0 spiro atoms. The van der Waals surface area contributed by atoms with E-state index in [-0.39, 0.29) is 12.0 Å². The number of nitrogens with zero attached hydrogens (tertiary/aromatic N) is 2. The van der Waals surface area contributed by atoms with Crippen LogP contribution in [-0.4, -0.2) is 35.0 Å². The van der Waals surface area contributed by atoms with E-state index in [9.17, 15) is 4.79 Å². The Bertz CT molecular complexity index is 409. The van der Waals surface area contributed by atoms with E-state index in [0.29, 0.717) is 0 Å². The maximum atomic E-state index is 11.7. The number of piperidine rings is 1. The summed E-state index contributed by atoms with van der Waals surface area (Å²) in [5, 5.41) is 0. The maximum absolute atomic E-state index is 11.7. The Morgan fingerprint density at radius 1 is 1.50 bits per heavy atom. The van der Waals surface area contributed by atoms with Crippen molar-refractivity contribution in [3.8, 4) is 5.75 Å². The van der Waals surface area contributed by atoms with E-state index in [1.807, 2.05) is 24.0 Å². The number of aromatic nitrogens is 1. The molecule has 0 atom stereocenters. The second-order valence-corrected chi connectivity index (χ2v) is 4.33. The van der Waals surface area contributed by atoms with E-state index < -0.39 is 0 Å². The van der Waals surface area contributed by atoms with Crippen molar-refractivity contribution in [1.82, 2.24) is 9.88 Å². The molecule has 0 aliphatic carbocycles. The maximum Gasteiger partial charge on any atom is 0.246 e. The van der Waals surface area contributed by atoms with Crippen molar-refractivity contribution in [1.29, 1.82) is 0 Å². The Balaban J connectivity index is 1.82. The fourth-order valence-electron chi connectivity index (χ4n) is 2.05. The number of pyridine rings is 1. The molecule has 0 unspecified atom stereocenters. The second kappa shape index (κ2) is 6.19. The highest BCUT2D eigenvalue weighted by molar-refractivity contribution is 5.87. The summed E-state index contributed by atoms with van der Waals surface area (Å²) in [4.78, 5) is 17.5. The molecule has 1 fully saturated rings. The van der Waals surface area contributed by atoms with Gasteiger partial charge in [-0.1, -0.05) is 6.08 Å². The highest BCUT2D eigenvalue weighted by atomic mass is 16.5. The molecule has 0 bridgehead atoms. The zero-order chi connectivity index (χ0) is 12.8. The topological polar surface area (TPSA) is 42.4 Å². The number of amides is 1. The number of likely N-dealkylation sites (tertiary alicyclic amines) is 1. The molecule has 1 aliphatic rings. The van der Waals surface area contributed by atoms with Gasteiger partial charge in [0.15, 0.2) is 0 Å². The third-order valence-electron chi connectivity index (χ3n) is 3.00. The molecule has 0 radical (unpaired) electrons. The van der Waals surface area contributed by atoms with Crippen molar-refractivity contribution in [2.45, 2.75) is 25.9 Å². The number of hydrogen-bond donors (Lipinski definition) is 0. The lowest BCUT2D eigenvalue weighted by atomic mass is 10.1. The summed E-state index contributed by atoms with van der Waals surface area (Å²) in [5.74, 6) is 0.896. The van der Waals surface area contributed by atoms with Gasteiger partial charge in [0, 0.05) is 32.1 Å². The number of hydrogen-bond acceptors (Lipinski definition) is 3. The molecule has 0 saturated carbocycles. The number of carbonyl (C=O) groups excluding carboxylic acids is 1. The second-order valence-electron chi connectivity index (χ2n) is 4.33. The van der Waals surface area contributed by atoms with Crippen LogP contribution in [0.25, 0.3) is 0 Å². The summed E-state index contributed by atoms with van der Waals surface area (Å²) in [6, 6.07) is 3.77. The SMILES string of the molecule is C/C=C/C(=O)N1CCC(Oc2cccnc2)CC1. The molecule has 1 aromatic rings. The van der Waals surface area contributed by atoms with E-state index >= 15 is 0 Å². The first-order valence-corrected chi connectivity index (χ1v) is 6.28. The Hall–Kier alpha value is -1.84. The Morgan fingerprint density at radius 3 is 2.89 bits per heavy atom. The molecule has 1 saturated heterocycles. The van der Waals surface area contributed by atoms with Gasteiger partial charge in [-0.3, -0.25) is 9.78 Å². The lowest BCUT2D eigenvalue weighted by molar-refractivity contribution is -0.127. The van der Waals surface area contributed by atoms with Crippen molar-refractivity contribution in [2.75, 3.05) is 13.1 Å². The molecule has 4 heteroatoms. The van der Waals surface area contributed by atoms with Crippen LogP contribution in [-0.2, 0) is 4.79 Å². The summed E-state index contributed by atoms with van der Waals surface area (Å²) in [5.41, 5.74) is 0. The van der Waals surface area contributed by atoms with Gasteiger partial charge in [-0.2, -0.15) is 0 Å². The lowest BCUT2D eigenvalue weighted by Crippen LogP contribution is -2.41. The molecule has 96 valence electrons. The Morgan fingerprint density at radius 2 is 2.28 bits per heavy atom. The molecule has 18 heavy (non-hydrogen) atoms. The normalized spacial score (nSPS) is 17.1. The van der Waals surface area contributed by atoms with Crippen molar-refractivity contribution >= 4 is 5.91 Å². The number of rotatable bonds is 3. The summed E-state index contributed by atoms with van der Waals surface area (Å²) in [6.45, 7) is 3.37. The van der Waals surface area contributed by atoms with Crippen molar-refractivity contribution < 1.29 is 9.53 Å². The Kier molecular flexibility index (Phi) is 4.34. The van der Waals surface area contributed by atoms with E-state index in [0.717, 1.165) is 31.7 Å². The number of ether oxygens (including phenoxy) is 1. The third-order valence-corrected chi connectivity index (χ3v) is 3.00. The highest BCUT2D eigenvalue weighted by Gasteiger charge is 2.22. The van der Waals surface area contributed by atoms with E-state index in [1.54, 1.807) is 24.5 Å². The molecule has 2 heterocycles. The molecular formula is C14H18N2O2. The smallest absolute Gasteiger partial charge is 0.246 e. The van der Waals surface area contributed by atoms with Gasteiger partial charge in [0.1, 0.15) is 11.9 Å². The molecular weight excluding hydrogens is 228 g/mol. The fourth-order valence-corrected chi connectivity index (χ4v) is 2.05. The van der Waals surface area contributed by atoms with Gasteiger partial charge >= 0.3 is 0 Å². The number of allylic oxidation sites excluding steroid dienone is 1. The van der Waals surface area contributed by atoms with Gasteiger partial charge in [0.2, 0.25) is 5.91 Å². The summed E-state index contributed by atoms with van der Waals surface area (Å²) >= 11 is 0. The van der Waals surface area contributed by atoms with E-state index in [4.69, 9.17) is 4.74 Å². The minimum absolute atomic E-state index is 0.0947. The largest absolute Gasteiger partial charge is 0.489 e. The molecule has 1 amide bonds. The standard InChI is InChI=1S/C14H18N2O2/c1-2-4-14(17)16-9-6-12(7-10-16)18-13-5-3-8-15-11-13/h2-5,8,11-12H,6-7,9-10H2,1H3/b4-2+. The van der Waals surface area contributed by atoms with Gasteiger partial charge < -0.3 is 9.64 Å². The van der Waals surface area contributed by atoms with Gasteiger partial charge in [-0.25, -0.2) is 0 Å². The highest BCUT2D eigenvalue weighted by Crippen LogP contribution is 2.18. The Labute approximate surface area is 107 Å². The van der Waals surface area contributed by atoms with Gasteiger partial charge in [0.05, 0.1) is 6.20 Å². The molecule has 4 nitrogen and oxygen atoms in total. The molecule has 1 aromatic heterocycles. The van der Waals surface area contributed by atoms with Crippen LogP contribution in [0.1, 0.15) is 19.8 Å². The first-order valence-electron chi connectivity index (χ1n) is 6.28. The minimum atomic E-state index is 0.0947. The average molecular weight is 246 g/mol. The third kappa shape index (κ3) is 3.32. The van der Waals surface area contributed by atoms with Crippen LogP contribution in [0.3, 0.4) is 0 Å². The van der Waals surface area contributed by atoms with Crippen LogP contribution in [0.4, 0.5) is 0 Å². The van der Waals surface area contributed by atoms with E-state index in [2.05, 4.69) is 4.98 Å². The number of carbonyl (C=O) groups is 1. The van der Waals surface area contributed by atoms with Crippen LogP contribution >= 0.6 is 0 Å². The molecule has 2 rings (SSSR count). The van der Waals surface area contributed by atoms with Crippen molar-refractivity contribution in [2.24, 2.45) is 0 Å². The van der Waals surface area contributed by atoms with Crippen LogP contribution in [0.2, 0.25) is 0 Å². The molecule has 1 aliphatic heterocycles. The summed E-state index contributed by atoms with van der Waals surface area (Å²) in [7, 11) is 0. The predicted molar refractivity (Wildman–Crippen MR) is 69.3 cm³/mol. The van der Waals surface area contributed by atoms with E-state index in [1.165, 1.54) is 0 Å². The summed E-state index contributed by atoms with van der Waals surface area (Å²) < 4.78 is 5.82. The molecule has 0 aromatic carbocycles. The zero-order valence-electron chi connectivity index (χ0n) is 10.6. The summed E-state index contributed by atoms with van der Waals surface area (Å²) in [6.07, 6.45) is 8.77. The quantitative estimate of drug-likeness (QED) is 0.766. The van der Waals surface area contributed by atoms with Crippen LogP contribution in [0.15, 0.2) is 36.7 Å². The van der Waals surface area contributed by atoms with Crippen LogP contribution in [0.5, 0.6) is 5.75 Å². The first-order chi connectivity index (χ1) is 8.79.